The second-order valence-electron chi connectivity index (χ2n) is 8.49. The molecule has 1 atom stereocenters. The Labute approximate surface area is 183 Å². The van der Waals surface area contributed by atoms with Crippen molar-refractivity contribution in [2.45, 2.75) is 104 Å². The Kier molecular flexibility index (Phi) is 13.9. The number of esters is 2. The number of hydrogen-bond acceptors (Lipinski definition) is 4. The molecule has 0 N–H and O–H groups in total. The Morgan fingerprint density at radius 3 is 1.67 bits per heavy atom. The number of carbonyl (C=O) groups is 2. The minimum absolute atomic E-state index is 0.0943. The summed E-state index contributed by atoms with van der Waals surface area (Å²) in [5, 5.41) is 0. The van der Waals surface area contributed by atoms with Crippen LogP contribution in [0, 0.1) is 5.92 Å². The van der Waals surface area contributed by atoms with Gasteiger partial charge in [-0.25, -0.2) is 9.59 Å². The molecule has 1 rings (SSSR count). The zero-order valence-corrected chi connectivity index (χ0v) is 19.6. The Morgan fingerprint density at radius 1 is 0.733 bits per heavy atom. The van der Waals surface area contributed by atoms with Gasteiger partial charge in [-0.1, -0.05) is 85.5 Å². The second-order valence-corrected chi connectivity index (χ2v) is 8.49. The molecule has 0 fully saturated rings. The fourth-order valence-corrected chi connectivity index (χ4v) is 3.48. The lowest BCUT2D eigenvalue weighted by atomic mass is 10.0. The molecule has 1 unspecified atom stereocenters. The Morgan fingerprint density at radius 2 is 1.20 bits per heavy atom. The van der Waals surface area contributed by atoms with Crippen molar-refractivity contribution in [2.75, 3.05) is 6.61 Å². The first-order valence-corrected chi connectivity index (χ1v) is 12.0. The number of benzene rings is 1. The van der Waals surface area contributed by atoms with Crippen molar-refractivity contribution < 1.29 is 19.1 Å². The predicted octanol–water partition coefficient (Wildman–Crippen LogP) is 7.36. The average Bonchev–Trinajstić information content (AvgIpc) is 2.75. The molecule has 0 radical (unpaired) electrons. The van der Waals surface area contributed by atoms with Gasteiger partial charge in [-0.05, 0) is 43.0 Å². The minimum atomic E-state index is -0.346. The van der Waals surface area contributed by atoms with E-state index in [9.17, 15) is 9.59 Å². The number of rotatable bonds is 16. The summed E-state index contributed by atoms with van der Waals surface area (Å²) in [6.45, 7) is 8.77. The van der Waals surface area contributed by atoms with Crippen LogP contribution in [0.4, 0.5) is 0 Å². The lowest BCUT2D eigenvalue weighted by molar-refractivity contribution is 0.0173. The van der Waals surface area contributed by atoms with Crippen molar-refractivity contribution in [3.8, 4) is 0 Å². The predicted molar refractivity (Wildman–Crippen MR) is 123 cm³/mol. The topological polar surface area (TPSA) is 52.6 Å². The van der Waals surface area contributed by atoms with Crippen LogP contribution in [0.3, 0.4) is 0 Å². The fourth-order valence-electron chi connectivity index (χ4n) is 3.48. The lowest BCUT2D eigenvalue weighted by Crippen LogP contribution is -2.22. The highest BCUT2D eigenvalue weighted by atomic mass is 16.5. The quantitative estimate of drug-likeness (QED) is 0.208. The summed E-state index contributed by atoms with van der Waals surface area (Å²) in [6, 6.07) is 6.53. The average molecular weight is 419 g/mol. The van der Waals surface area contributed by atoms with Crippen LogP contribution in [0.5, 0.6) is 0 Å². The van der Waals surface area contributed by atoms with Gasteiger partial charge >= 0.3 is 11.9 Å². The summed E-state index contributed by atoms with van der Waals surface area (Å²) >= 11 is 0. The summed E-state index contributed by atoms with van der Waals surface area (Å²) in [5.74, 6) is -0.403. The first-order valence-electron chi connectivity index (χ1n) is 12.0. The van der Waals surface area contributed by atoms with E-state index in [1.165, 1.54) is 51.4 Å². The Balaban J connectivity index is 2.21. The maximum Gasteiger partial charge on any atom is 0.338 e. The highest BCUT2D eigenvalue weighted by molar-refractivity contribution is 5.93. The van der Waals surface area contributed by atoms with E-state index < -0.39 is 0 Å². The molecule has 0 aromatic heterocycles. The molecule has 0 aliphatic heterocycles. The van der Waals surface area contributed by atoms with Crippen LogP contribution < -0.4 is 0 Å². The highest BCUT2D eigenvalue weighted by Gasteiger charge is 2.18. The van der Waals surface area contributed by atoms with Gasteiger partial charge in [0.2, 0.25) is 0 Å². The SMILES string of the molecule is CCCCCCCCCCCCOC(=O)c1ccc(C(=O)OC(CC)C(C)C)cc1. The van der Waals surface area contributed by atoms with Crippen molar-refractivity contribution in [3.05, 3.63) is 35.4 Å². The van der Waals surface area contributed by atoms with Crippen molar-refractivity contribution >= 4 is 11.9 Å². The van der Waals surface area contributed by atoms with Gasteiger partial charge in [0.15, 0.2) is 0 Å². The van der Waals surface area contributed by atoms with E-state index in [0.29, 0.717) is 17.7 Å². The second kappa shape index (κ2) is 15.9. The monoisotopic (exact) mass is 418 g/mol. The summed E-state index contributed by atoms with van der Waals surface area (Å²) in [6.07, 6.45) is 13.2. The van der Waals surface area contributed by atoms with Crippen molar-refractivity contribution in [1.82, 2.24) is 0 Å². The minimum Gasteiger partial charge on any atom is -0.462 e. The molecule has 4 nitrogen and oxygen atoms in total. The van der Waals surface area contributed by atoms with Crippen molar-refractivity contribution in [1.29, 1.82) is 0 Å². The third-order valence-electron chi connectivity index (χ3n) is 5.49. The molecule has 30 heavy (non-hydrogen) atoms. The van der Waals surface area contributed by atoms with Gasteiger partial charge in [-0.2, -0.15) is 0 Å². The molecule has 0 saturated heterocycles. The van der Waals surface area contributed by atoms with Crippen LogP contribution >= 0.6 is 0 Å². The summed E-state index contributed by atoms with van der Waals surface area (Å²) in [4.78, 5) is 24.4. The fraction of sp³-hybridized carbons (Fsp3) is 0.692. The number of hydrogen-bond donors (Lipinski definition) is 0. The van der Waals surface area contributed by atoms with Crippen molar-refractivity contribution in [2.24, 2.45) is 5.92 Å². The molecular formula is C26H42O4. The van der Waals surface area contributed by atoms with Crippen molar-refractivity contribution in [3.63, 3.8) is 0 Å². The van der Waals surface area contributed by atoms with E-state index in [4.69, 9.17) is 9.47 Å². The molecule has 0 bridgehead atoms. The van der Waals surface area contributed by atoms with Gasteiger partial charge in [0.25, 0.3) is 0 Å². The van der Waals surface area contributed by atoms with Gasteiger partial charge in [-0.3, -0.25) is 0 Å². The smallest absolute Gasteiger partial charge is 0.338 e. The van der Waals surface area contributed by atoms with Gasteiger partial charge in [0, 0.05) is 0 Å². The van der Waals surface area contributed by atoms with E-state index in [0.717, 1.165) is 19.3 Å². The van der Waals surface area contributed by atoms with E-state index in [1.807, 2.05) is 20.8 Å². The largest absolute Gasteiger partial charge is 0.462 e. The van der Waals surface area contributed by atoms with Gasteiger partial charge in [0.05, 0.1) is 17.7 Å². The molecule has 1 aromatic rings. The Hall–Kier alpha value is -1.84. The van der Waals surface area contributed by atoms with Crippen LogP contribution in [0.25, 0.3) is 0 Å². The third-order valence-corrected chi connectivity index (χ3v) is 5.49. The third kappa shape index (κ3) is 10.8. The number of carbonyl (C=O) groups excluding carboxylic acids is 2. The maximum atomic E-state index is 12.2. The molecule has 0 saturated carbocycles. The van der Waals surface area contributed by atoms with Gasteiger partial charge < -0.3 is 9.47 Å². The van der Waals surface area contributed by atoms with Gasteiger partial charge in [0.1, 0.15) is 6.10 Å². The van der Waals surface area contributed by atoms with E-state index >= 15 is 0 Å². The number of ether oxygens (including phenoxy) is 2. The summed E-state index contributed by atoms with van der Waals surface area (Å²) < 4.78 is 10.9. The zero-order chi connectivity index (χ0) is 22.2. The van der Waals surface area contributed by atoms with E-state index in [-0.39, 0.29) is 24.0 Å². The number of unbranched alkanes of at least 4 members (excludes halogenated alkanes) is 9. The van der Waals surface area contributed by atoms with Crippen LogP contribution in [0.1, 0.15) is 119 Å². The molecule has 0 aliphatic carbocycles. The summed E-state index contributed by atoms with van der Waals surface area (Å²) in [7, 11) is 0. The van der Waals surface area contributed by atoms with Crippen LogP contribution in [0.2, 0.25) is 0 Å². The molecule has 170 valence electrons. The first-order chi connectivity index (χ1) is 14.5. The normalized spacial score (nSPS) is 12.0. The molecule has 1 aromatic carbocycles. The molecule has 0 aliphatic rings. The summed E-state index contributed by atoms with van der Waals surface area (Å²) in [5.41, 5.74) is 0.926. The highest BCUT2D eigenvalue weighted by Crippen LogP contribution is 2.15. The van der Waals surface area contributed by atoms with Crippen LogP contribution in [0.15, 0.2) is 24.3 Å². The molecule has 0 spiro atoms. The van der Waals surface area contributed by atoms with Crippen LogP contribution in [-0.4, -0.2) is 24.6 Å². The lowest BCUT2D eigenvalue weighted by Gasteiger charge is -2.19. The van der Waals surface area contributed by atoms with E-state index in [1.54, 1.807) is 24.3 Å². The maximum absolute atomic E-state index is 12.2. The first kappa shape index (κ1) is 26.2. The molecule has 4 heteroatoms. The molecular weight excluding hydrogens is 376 g/mol. The molecule has 0 heterocycles. The van der Waals surface area contributed by atoms with Gasteiger partial charge in [-0.15, -0.1) is 0 Å². The van der Waals surface area contributed by atoms with E-state index in [2.05, 4.69) is 6.92 Å². The van der Waals surface area contributed by atoms with Crippen LogP contribution in [-0.2, 0) is 9.47 Å². The zero-order valence-electron chi connectivity index (χ0n) is 19.6. The molecule has 0 amide bonds. The Bertz CT molecular complexity index is 592. The standard InChI is InChI=1S/C26H42O4/c1-5-7-8-9-10-11-12-13-14-15-20-29-25(27)22-16-18-23(19-17-22)26(28)30-24(6-2)21(3)4/h16-19,21,24H,5-15,20H2,1-4H3.